The summed E-state index contributed by atoms with van der Waals surface area (Å²) in [6, 6.07) is 8.56. The smallest absolute Gasteiger partial charge is 0.0234 e. The average Bonchev–Trinajstić information content (AvgIpc) is 2.29. The van der Waals surface area contributed by atoms with Crippen LogP contribution in [0.2, 0.25) is 0 Å². The van der Waals surface area contributed by atoms with E-state index in [1.165, 1.54) is 24.9 Å². The van der Waals surface area contributed by atoms with E-state index in [0.29, 0.717) is 5.92 Å². The zero-order chi connectivity index (χ0) is 11.4. The maximum atomic E-state index is 5.75. The van der Waals surface area contributed by atoms with Gasteiger partial charge in [-0.05, 0) is 49.5 Å². The summed E-state index contributed by atoms with van der Waals surface area (Å²) in [7, 11) is 0. The first-order valence-corrected chi connectivity index (χ1v) is 6.74. The topological polar surface area (TPSA) is 29.3 Å². The molecule has 1 aliphatic heterocycles. The summed E-state index contributed by atoms with van der Waals surface area (Å²) >= 11 is 3.51. The Morgan fingerprint density at radius 2 is 2.24 bits per heavy atom. The highest BCUT2D eigenvalue weighted by Gasteiger charge is 2.18. The fraction of sp³-hybridized carbons (Fsp3) is 0.538. The second kappa shape index (κ2) is 7.37. The molecule has 2 nitrogen and oxygen atoms in total. The van der Waals surface area contributed by atoms with E-state index < -0.39 is 0 Å². The van der Waals surface area contributed by atoms with Crippen LogP contribution in [0.1, 0.15) is 18.4 Å². The summed E-state index contributed by atoms with van der Waals surface area (Å²) in [5, 5.41) is 0. The fourth-order valence-corrected chi connectivity index (χ4v) is 2.83. The van der Waals surface area contributed by atoms with Crippen molar-refractivity contribution in [2.75, 3.05) is 19.6 Å². The second-order valence-corrected chi connectivity index (χ2v) is 5.52. The average molecular weight is 320 g/mol. The molecule has 17 heavy (non-hydrogen) atoms. The summed E-state index contributed by atoms with van der Waals surface area (Å²) < 4.78 is 1.16. The lowest BCUT2D eigenvalue weighted by Gasteiger charge is -2.32. The molecule has 1 aromatic rings. The fourth-order valence-electron chi connectivity index (χ4n) is 2.38. The maximum Gasteiger partial charge on any atom is 0.0234 e. The molecule has 1 aromatic carbocycles. The summed E-state index contributed by atoms with van der Waals surface area (Å²) in [5.41, 5.74) is 7.13. The number of benzene rings is 1. The number of hydrogen-bond donors (Lipinski definition) is 1. The highest BCUT2D eigenvalue weighted by molar-refractivity contribution is 9.10. The Morgan fingerprint density at radius 1 is 1.41 bits per heavy atom. The third kappa shape index (κ3) is 4.59. The first-order valence-electron chi connectivity index (χ1n) is 5.95. The van der Waals surface area contributed by atoms with Crippen molar-refractivity contribution in [1.82, 2.24) is 4.90 Å². The lowest BCUT2D eigenvalue weighted by atomic mass is 9.98. The number of nitrogens with zero attached hydrogens (tertiary/aromatic N) is 1. The van der Waals surface area contributed by atoms with Gasteiger partial charge in [0.15, 0.2) is 0 Å². The van der Waals surface area contributed by atoms with Crippen molar-refractivity contribution < 1.29 is 0 Å². The largest absolute Gasteiger partial charge is 0.330 e. The molecule has 1 aliphatic rings. The highest BCUT2D eigenvalue weighted by Crippen LogP contribution is 2.19. The van der Waals surface area contributed by atoms with Crippen molar-refractivity contribution in [2.24, 2.45) is 11.7 Å². The quantitative estimate of drug-likeness (QED) is 0.928. The van der Waals surface area contributed by atoms with Gasteiger partial charge in [-0.15, -0.1) is 12.4 Å². The standard InChI is InChI=1S/C13H19BrN2.ClH/c14-13-5-1-3-11(7-13)9-16-6-2-4-12(8-15)10-16;/h1,3,5,7,12H,2,4,6,8-10,15H2;1H. The van der Waals surface area contributed by atoms with Crippen molar-refractivity contribution in [1.29, 1.82) is 0 Å². The van der Waals surface area contributed by atoms with E-state index in [2.05, 4.69) is 45.1 Å². The lowest BCUT2D eigenvalue weighted by Crippen LogP contribution is -2.37. The van der Waals surface area contributed by atoms with Gasteiger partial charge in [0.1, 0.15) is 0 Å². The Bertz CT molecular complexity index is 346. The van der Waals surface area contributed by atoms with E-state index in [4.69, 9.17) is 5.73 Å². The van der Waals surface area contributed by atoms with Gasteiger partial charge in [-0.2, -0.15) is 0 Å². The first kappa shape index (κ1) is 15.0. The molecule has 1 atom stereocenters. The molecule has 1 heterocycles. The zero-order valence-electron chi connectivity index (χ0n) is 9.94. The number of hydrogen-bond acceptors (Lipinski definition) is 2. The van der Waals surface area contributed by atoms with Gasteiger partial charge in [0.2, 0.25) is 0 Å². The number of likely N-dealkylation sites (tertiary alicyclic amines) is 1. The summed E-state index contributed by atoms with van der Waals surface area (Å²) in [6.45, 7) is 4.25. The Kier molecular flexibility index (Phi) is 6.49. The molecule has 96 valence electrons. The molecule has 0 aromatic heterocycles. The van der Waals surface area contributed by atoms with Gasteiger partial charge in [0.25, 0.3) is 0 Å². The van der Waals surface area contributed by atoms with Crippen molar-refractivity contribution in [3.8, 4) is 0 Å². The van der Waals surface area contributed by atoms with E-state index >= 15 is 0 Å². The van der Waals surface area contributed by atoms with Gasteiger partial charge in [-0.1, -0.05) is 28.1 Å². The summed E-state index contributed by atoms with van der Waals surface area (Å²) in [5.74, 6) is 0.695. The van der Waals surface area contributed by atoms with Crippen molar-refractivity contribution in [3.05, 3.63) is 34.3 Å². The molecular weight excluding hydrogens is 300 g/mol. The van der Waals surface area contributed by atoms with Crippen LogP contribution in [0, 0.1) is 5.92 Å². The zero-order valence-corrected chi connectivity index (χ0v) is 12.3. The number of piperidine rings is 1. The van der Waals surface area contributed by atoms with Crippen LogP contribution in [0.4, 0.5) is 0 Å². The number of nitrogens with two attached hydrogens (primary N) is 1. The Morgan fingerprint density at radius 3 is 2.94 bits per heavy atom. The summed E-state index contributed by atoms with van der Waals surface area (Å²) in [4.78, 5) is 2.52. The van der Waals surface area contributed by atoms with Gasteiger partial charge in [-0.25, -0.2) is 0 Å². The van der Waals surface area contributed by atoms with Gasteiger partial charge in [-0.3, -0.25) is 4.90 Å². The van der Waals surface area contributed by atoms with E-state index in [0.717, 1.165) is 24.1 Å². The van der Waals surface area contributed by atoms with Gasteiger partial charge >= 0.3 is 0 Å². The molecule has 0 spiro atoms. The molecule has 2 N–H and O–H groups in total. The third-order valence-electron chi connectivity index (χ3n) is 3.23. The Hall–Kier alpha value is -0.0900. The van der Waals surface area contributed by atoms with Gasteiger partial charge in [0, 0.05) is 17.6 Å². The lowest BCUT2D eigenvalue weighted by molar-refractivity contribution is 0.171. The van der Waals surface area contributed by atoms with Crippen LogP contribution in [0.3, 0.4) is 0 Å². The first-order chi connectivity index (χ1) is 7.78. The van der Waals surface area contributed by atoms with Crippen molar-refractivity contribution in [3.63, 3.8) is 0 Å². The van der Waals surface area contributed by atoms with Crippen LogP contribution in [0.5, 0.6) is 0 Å². The van der Waals surface area contributed by atoms with Crippen LogP contribution in [-0.2, 0) is 6.54 Å². The number of rotatable bonds is 3. The monoisotopic (exact) mass is 318 g/mol. The van der Waals surface area contributed by atoms with Crippen molar-refractivity contribution in [2.45, 2.75) is 19.4 Å². The van der Waals surface area contributed by atoms with E-state index in [1.54, 1.807) is 0 Å². The van der Waals surface area contributed by atoms with Gasteiger partial charge in [0.05, 0.1) is 0 Å². The molecule has 0 radical (unpaired) electrons. The minimum Gasteiger partial charge on any atom is -0.330 e. The summed E-state index contributed by atoms with van der Waals surface area (Å²) in [6.07, 6.45) is 2.58. The number of halogens is 2. The molecule has 0 aliphatic carbocycles. The second-order valence-electron chi connectivity index (χ2n) is 4.61. The molecule has 1 fully saturated rings. The normalized spacial score (nSPS) is 20.9. The van der Waals surface area contributed by atoms with E-state index in [1.807, 2.05) is 0 Å². The van der Waals surface area contributed by atoms with Crippen LogP contribution in [0.25, 0.3) is 0 Å². The van der Waals surface area contributed by atoms with Crippen LogP contribution >= 0.6 is 28.3 Å². The Labute approximate surface area is 118 Å². The van der Waals surface area contributed by atoms with Crippen LogP contribution in [0.15, 0.2) is 28.7 Å². The minimum absolute atomic E-state index is 0. The Balaban J connectivity index is 0.00000144. The van der Waals surface area contributed by atoms with Crippen LogP contribution < -0.4 is 5.73 Å². The van der Waals surface area contributed by atoms with E-state index in [-0.39, 0.29) is 12.4 Å². The SMILES string of the molecule is Cl.NCC1CCCN(Cc2cccc(Br)c2)C1. The predicted octanol–water partition coefficient (Wildman–Crippen LogP) is 3.04. The molecule has 2 rings (SSSR count). The molecule has 1 saturated heterocycles. The molecule has 0 saturated carbocycles. The van der Waals surface area contributed by atoms with Crippen LogP contribution in [-0.4, -0.2) is 24.5 Å². The molecule has 0 bridgehead atoms. The molecule has 1 unspecified atom stereocenters. The molecular formula is C13H20BrClN2. The third-order valence-corrected chi connectivity index (χ3v) is 3.72. The minimum atomic E-state index is 0. The van der Waals surface area contributed by atoms with Gasteiger partial charge < -0.3 is 5.73 Å². The highest BCUT2D eigenvalue weighted by atomic mass is 79.9. The molecule has 4 heteroatoms. The molecule has 0 amide bonds. The van der Waals surface area contributed by atoms with Crippen molar-refractivity contribution >= 4 is 28.3 Å². The predicted molar refractivity (Wildman–Crippen MR) is 78.4 cm³/mol. The van der Waals surface area contributed by atoms with E-state index in [9.17, 15) is 0 Å². The maximum absolute atomic E-state index is 5.75.